The quantitative estimate of drug-likeness (QED) is 0.815. The molecular weight excluding hydrogens is 244 g/mol. The lowest BCUT2D eigenvalue weighted by molar-refractivity contribution is 0.0690. The van der Waals surface area contributed by atoms with E-state index in [4.69, 9.17) is 5.11 Å². The maximum atomic E-state index is 11.0. The van der Waals surface area contributed by atoms with E-state index in [1.54, 1.807) is 24.1 Å². The van der Waals surface area contributed by atoms with Crippen LogP contribution in [-0.4, -0.2) is 50.1 Å². The van der Waals surface area contributed by atoms with Crippen molar-refractivity contribution in [3.8, 4) is 0 Å². The Labute approximate surface area is 99.8 Å². The molecule has 7 heteroatoms. The van der Waals surface area contributed by atoms with Gasteiger partial charge in [-0.05, 0) is 12.1 Å². The van der Waals surface area contributed by atoms with Crippen LogP contribution in [0.4, 0.5) is 5.82 Å². The van der Waals surface area contributed by atoms with Crippen molar-refractivity contribution in [1.29, 1.82) is 0 Å². The van der Waals surface area contributed by atoms with E-state index >= 15 is 0 Å². The lowest BCUT2D eigenvalue weighted by Gasteiger charge is -2.17. The third kappa shape index (κ3) is 4.39. The summed E-state index contributed by atoms with van der Waals surface area (Å²) in [5.74, 6) is -0.667. The van der Waals surface area contributed by atoms with Crippen LogP contribution in [0.3, 0.4) is 0 Å². The molecule has 1 N–H and O–H groups in total. The Kier molecular flexibility index (Phi) is 4.06. The second kappa shape index (κ2) is 5.13. The van der Waals surface area contributed by atoms with Crippen molar-refractivity contribution < 1.29 is 18.3 Å². The van der Waals surface area contributed by atoms with E-state index in [1.165, 1.54) is 6.07 Å². The molecule has 0 unspecified atom stereocenters. The van der Waals surface area contributed by atoms with Crippen LogP contribution in [0.5, 0.6) is 0 Å². The second-order valence-electron chi connectivity index (χ2n) is 3.74. The van der Waals surface area contributed by atoms with Crippen molar-refractivity contribution in [2.24, 2.45) is 0 Å². The van der Waals surface area contributed by atoms with Crippen molar-refractivity contribution in [2.75, 3.05) is 30.5 Å². The Morgan fingerprint density at radius 3 is 2.65 bits per heavy atom. The van der Waals surface area contributed by atoms with Gasteiger partial charge in [-0.1, -0.05) is 6.07 Å². The third-order valence-corrected chi connectivity index (χ3v) is 3.07. The fraction of sp³-hybridized carbons (Fsp3) is 0.400. The Balaban J connectivity index is 2.79. The van der Waals surface area contributed by atoms with Gasteiger partial charge in [0.2, 0.25) is 0 Å². The monoisotopic (exact) mass is 258 g/mol. The number of sulfone groups is 1. The SMILES string of the molecule is CN(CCS(C)(=O)=O)c1cccc(C(=O)O)n1. The van der Waals surface area contributed by atoms with Crippen molar-refractivity contribution in [1.82, 2.24) is 4.98 Å². The molecule has 1 aromatic rings. The molecule has 0 amide bonds. The first kappa shape index (κ1) is 13.4. The maximum Gasteiger partial charge on any atom is 0.354 e. The summed E-state index contributed by atoms with van der Waals surface area (Å²) in [6.07, 6.45) is 1.15. The molecule has 94 valence electrons. The summed E-state index contributed by atoms with van der Waals surface area (Å²) in [4.78, 5) is 16.2. The van der Waals surface area contributed by atoms with Gasteiger partial charge >= 0.3 is 5.97 Å². The summed E-state index contributed by atoms with van der Waals surface area (Å²) in [6.45, 7) is 0.273. The molecule has 0 spiro atoms. The normalized spacial score (nSPS) is 11.2. The van der Waals surface area contributed by atoms with Gasteiger partial charge in [0.25, 0.3) is 0 Å². The predicted octanol–water partition coefficient (Wildman–Crippen LogP) is 0.261. The number of carboxylic acids is 1. The molecule has 0 fully saturated rings. The highest BCUT2D eigenvalue weighted by Gasteiger charge is 2.10. The molecule has 1 aromatic heterocycles. The van der Waals surface area contributed by atoms with Crippen LogP contribution in [0.25, 0.3) is 0 Å². The summed E-state index contributed by atoms with van der Waals surface area (Å²) in [5.41, 5.74) is -0.0614. The lowest BCUT2D eigenvalue weighted by Crippen LogP contribution is -2.26. The van der Waals surface area contributed by atoms with Crippen LogP contribution >= 0.6 is 0 Å². The fourth-order valence-corrected chi connectivity index (χ4v) is 1.78. The molecule has 0 aliphatic carbocycles. The molecule has 1 rings (SSSR count). The van der Waals surface area contributed by atoms with Gasteiger partial charge in [0.1, 0.15) is 15.7 Å². The first-order chi connectivity index (χ1) is 7.79. The van der Waals surface area contributed by atoms with Crippen molar-refractivity contribution in [2.45, 2.75) is 0 Å². The number of anilines is 1. The number of hydrogen-bond donors (Lipinski definition) is 1. The number of carboxylic acid groups (broad SMARTS) is 1. The van der Waals surface area contributed by atoms with E-state index in [0.29, 0.717) is 5.82 Å². The number of carbonyl (C=O) groups is 1. The van der Waals surface area contributed by atoms with Gasteiger partial charge in [-0.15, -0.1) is 0 Å². The zero-order chi connectivity index (χ0) is 13.1. The maximum absolute atomic E-state index is 11.0. The number of nitrogens with zero attached hydrogens (tertiary/aromatic N) is 2. The molecular formula is C10H14N2O4S. The topological polar surface area (TPSA) is 87.6 Å². The molecule has 0 atom stereocenters. The minimum atomic E-state index is -3.04. The number of aromatic nitrogens is 1. The molecule has 0 bridgehead atoms. The first-order valence-corrected chi connectivity index (χ1v) is 6.95. The van der Waals surface area contributed by atoms with Gasteiger partial charge in [-0.25, -0.2) is 18.2 Å². The minimum absolute atomic E-state index is 0.00246. The van der Waals surface area contributed by atoms with Gasteiger partial charge in [-0.3, -0.25) is 0 Å². The van der Waals surface area contributed by atoms with E-state index in [-0.39, 0.29) is 18.0 Å². The largest absolute Gasteiger partial charge is 0.477 e. The molecule has 0 aliphatic heterocycles. The molecule has 17 heavy (non-hydrogen) atoms. The molecule has 0 saturated heterocycles. The molecule has 0 aromatic carbocycles. The van der Waals surface area contributed by atoms with Crippen LogP contribution < -0.4 is 4.90 Å². The summed E-state index contributed by atoms with van der Waals surface area (Å²) < 4.78 is 22.0. The predicted molar refractivity (Wildman–Crippen MR) is 64.2 cm³/mol. The Morgan fingerprint density at radius 2 is 2.12 bits per heavy atom. The minimum Gasteiger partial charge on any atom is -0.477 e. The van der Waals surface area contributed by atoms with Crippen LogP contribution in [-0.2, 0) is 9.84 Å². The summed E-state index contributed by atoms with van der Waals surface area (Å²) in [7, 11) is -1.37. The van der Waals surface area contributed by atoms with Gasteiger partial charge in [0.15, 0.2) is 5.69 Å². The van der Waals surface area contributed by atoms with Crippen molar-refractivity contribution >= 4 is 21.6 Å². The van der Waals surface area contributed by atoms with Crippen LogP contribution in [0.15, 0.2) is 18.2 Å². The first-order valence-electron chi connectivity index (χ1n) is 4.89. The zero-order valence-corrected chi connectivity index (χ0v) is 10.4. The number of rotatable bonds is 5. The second-order valence-corrected chi connectivity index (χ2v) is 6.00. The van der Waals surface area contributed by atoms with Crippen molar-refractivity contribution in [3.05, 3.63) is 23.9 Å². The van der Waals surface area contributed by atoms with Gasteiger partial charge in [0, 0.05) is 19.8 Å². The van der Waals surface area contributed by atoms with E-state index in [2.05, 4.69) is 4.98 Å². The zero-order valence-electron chi connectivity index (χ0n) is 9.62. The van der Waals surface area contributed by atoms with E-state index in [0.717, 1.165) is 6.26 Å². The fourth-order valence-electron chi connectivity index (χ4n) is 1.17. The summed E-state index contributed by atoms with van der Waals surface area (Å²) in [6, 6.07) is 4.59. The van der Waals surface area contributed by atoms with E-state index in [1.807, 2.05) is 0 Å². The van der Waals surface area contributed by atoms with Gasteiger partial charge in [-0.2, -0.15) is 0 Å². The molecule has 0 aliphatic rings. The van der Waals surface area contributed by atoms with E-state index < -0.39 is 15.8 Å². The Morgan fingerprint density at radius 1 is 1.47 bits per heavy atom. The highest BCUT2D eigenvalue weighted by Crippen LogP contribution is 2.09. The Hall–Kier alpha value is -1.63. The highest BCUT2D eigenvalue weighted by molar-refractivity contribution is 7.90. The standard InChI is InChI=1S/C10H14N2O4S/c1-12(6-7-17(2,15)16)9-5-3-4-8(11-9)10(13)14/h3-5H,6-7H2,1-2H3,(H,13,14). The molecule has 0 radical (unpaired) electrons. The smallest absolute Gasteiger partial charge is 0.354 e. The van der Waals surface area contributed by atoms with Crippen LogP contribution in [0.2, 0.25) is 0 Å². The molecule has 6 nitrogen and oxygen atoms in total. The van der Waals surface area contributed by atoms with Gasteiger partial charge in [0.05, 0.1) is 5.75 Å². The molecule has 0 saturated carbocycles. The summed E-state index contributed by atoms with van der Waals surface area (Å²) in [5, 5.41) is 8.77. The van der Waals surface area contributed by atoms with Crippen LogP contribution in [0, 0.1) is 0 Å². The lowest BCUT2D eigenvalue weighted by atomic mass is 10.3. The highest BCUT2D eigenvalue weighted by atomic mass is 32.2. The average Bonchev–Trinajstić information content (AvgIpc) is 2.25. The van der Waals surface area contributed by atoms with Gasteiger partial charge < -0.3 is 10.0 Å². The van der Waals surface area contributed by atoms with Crippen molar-refractivity contribution in [3.63, 3.8) is 0 Å². The summed E-state index contributed by atoms with van der Waals surface area (Å²) >= 11 is 0. The van der Waals surface area contributed by atoms with Crippen LogP contribution in [0.1, 0.15) is 10.5 Å². The molecule has 1 heterocycles. The average molecular weight is 258 g/mol. The third-order valence-electron chi connectivity index (χ3n) is 2.14. The number of hydrogen-bond acceptors (Lipinski definition) is 5. The Bertz CT molecular complexity index is 513. The van der Waals surface area contributed by atoms with E-state index in [9.17, 15) is 13.2 Å². The number of aromatic carboxylic acids is 1. The number of pyridine rings is 1.